The molecule has 1 N–H and O–H groups in total. The van der Waals surface area contributed by atoms with E-state index in [0.29, 0.717) is 0 Å². The van der Waals surface area contributed by atoms with Crippen molar-refractivity contribution in [1.29, 1.82) is 0 Å². The molecule has 3 heteroatoms. The van der Waals surface area contributed by atoms with Crippen LogP contribution in [0.1, 0.15) is 49.9 Å². The molecule has 20 heavy (non-hydrogen) atoms. The first-order chi connectivity index (χ1) is 9.60. The highest BCUT2D eigenvalue weighted by molar-refractivity contribution is 7.12. The van der Waals surface area contributed by atoms with Crippen LogP contribution in [0.25, 0.3) is 11.1 Å². The summed E-state index contributed by atoms with van der Waals surface area (Å²) in [6.45, 7) is 6.75. The largest absolute Gasteiger partial charge is 0.391 e. The molecule has 0 atom stereocenters. The van der Waals surface area contributed by atoms with Crippen LogP contribution in [0.3, 0.4) is 0 Å². The first-order valence-corrected chi connectivity index (χ1v) is 8.73. The number of aliphatic hydroxyl groups excluding tert-OH is 1. The molecular formula is C17H20OS2. The van der Waals surface area contributed by atoms with Crippen molar-refractivity contribution in [3.63, 3.8) is 0 Å². The smallest absolute Gasteiger partial charge is 0.0774 e. The van der Waals surface area contributed by atoms with Gasteiger partial charge in [0.25, 0.3) is 0 Å². The molecule has 106 valence electrons. The van der Waals surface area contributed by atoms with Crippen LogP contribution in [0.4, 0.5) is 0 Å². The molecule has 0 spiro atoms. The average Bonchev–Trinajstić information content (AvgIpc) is 3.07. The van der Waals surface area contributed by atoms with Crippen molar-refractivity contribution in [3.05, 3.63) is 42.8 Å². The Hall–Kier alpha value is -0.900. The summed E-state index contributed by atoms with van der Waals surface area (Å²) in [5.41, 5.74) is 5.88. The Morgan fingerprint density at radius 3 is 2.05 bits per heavy atom. The maximum atomic E-state index is 9.34. The second-order valence-corrected chi connectivity index (χ2v) is 8.28. The third kappa shape index (κ3) is 2.39. The maximum absolute atomic E-state index is 9.34. The second-order valence-electron chi connectivity index (χ2n) is 5.48. The normalized spacial score (nSPS) is 15.4. The number of allylic oxidation sites excluding steroid dienone is 2. The van der Waals surface area contributed by atoms with E-state index >= 15 is 0 Å². The van der Waals surface area contributed by atoms with E-state index in [-0.39, 0.29) is 6.61 Å². The highest BCUT2D eigenvalue weighted by Gasteiger charge is 2.22. The van der Waals surface area contributed by atoms with Crippen molar-refractivity contribution in [3.8, 4) is 0 Å². The SMILES string of the molecule is Cc1cc(C2=C(c3cc(CO)sc3C)CCC2)c(C)s1. The predicted octanol–water partition coefficient (Wildman–Crippen LogP) is 5.32. The van der Waals surface area contributed by atoms with E-state index in [0.717, 1.165) is 4.88 Å². The molecule has 0 saturated carbocycles. The maximum Gasteiger partial charge on any atom is 0.0774 e. The van der Waals surface area contributed by atoms with Crippen molar-refractivity contribution in [1.82, 2.24) is 0 Å². The summed E-state index contributed by atoms with van der Waals surface area (Å²) in [4.78, 5) is 5.25. The lowest BCUT2D eigenvalue weighted by Gasteiger charge is -2.07. The van der Waals surface area contributed by atoms with Gasteiger partial charge in [-0.2, -0.15) is 0 Å². The molecule has 0 unspecified atom stereocenters. The van der Waals surface area contributed by atoms with Crippen molar-refractivity contribution >= 4 is 33.8 Å². The summed E-state index contributed by atoms with van der Waals surface area (Å²) in [6, 6.07) is 4.53. The van der Waals surface area contributed by atoms with Crippen LogP contribution in [0.15, 0.2) is 12.1 Å². The van der Waals surface area contributed by atoms with Crippen LogP contribution in [0.2, 0.25) is 0 Å². The van der Waals surface area contributed by atoms with Gasteiger partial charge in [0.05, 0.1) is 6.61 Å². The van der Waals surface area contributed by atoms with Crippen LogP contribution in [-0.2, 0) is 6.61 Å². The molecule has 0 saturated heterocycles. The fraction of sp³-hybridized carbons (Fsp3) is 0.412. The van der Waals surface area contributed by atoms with Crippen molar-refractivity contribution < 1.29 is 5.11 Å². The molecule has 0 aliphatic heterocycles. The summed E-state index contributed by atoms with van der Waals surface area (Å²) in [5, 5.41) is 9.34. The lowest BCUT2D eigenvalue weighted by molar-refractivity contribution is 0.285. The molecule has 2 heterocycles. The third-order valence-corrected chi connectivity index (χ3v) is 6.03. The first-order valence-electron chi connectivity index (χ1n) is 7.10. The van der Waals surface area contributed by atoms with Gasteiger partial charge in [-0.15, -0.1) is 22.7 Å². The molecule has 0 amide bonds. The zero-order chi connectivity index (χ0) is 14.3. The fourth-order valence-electron chi connectivity index (χ4n) is 3.19. The summed E-state index contributed by atoms with van der Waals surface area (Å²) in [6.07, 6.45) is 3.62. The molecule has 2 aromatic heterocycles. The van der Waals surface area contributed by atoms with Crippen LogP contribution >= 0.6 is 22.7 Å². The van der Waals surface area contributed by atoms with E-state index < -0.39 is 0 Å². The number of aliphatic hydroxyl groups is 1. The molecular weight excluding hydrogens is 284 g/mol. The number of hydrogen-bond donors (Lipinski definition) is 1. The molecule has 0 fully saturated rings. The molecule has 1 aliphatic carbocycles. The van der Waals surface area contributed by atoms with Crippen LogP contribution in [0.5, 0.6) is 0 Å². The molecule has 0 bridgehead atoms. The second kappa shape index (κ2) is 5.47. The van der Waals surface area contributed by atoms with Gasteiger partial charge < -0.3 is 5.11 Å². The van der Waals surface area contributed by atoms with Gasteiger partial charge >= 0.3 is 0 Å². The van der Waals surface area contributed by atoms with E-state index in [2.05, 4.69) is 32.9 Å². The van der Waals surface area contributed by atoms with Gasteiger partial charge in [0.15, 0.2) is 0 Å². The van der Waals surface area contributed by atoms with E-state index in [1.807, 2.05) is 11.3 Å². The van der Waals surface area contributed by atoms with Gasteiger partial charge in [0.1, 0.15) is 0 Å². The first kappa shape index (κ1) is 14.1. The predicted molar refractivity (Wildman–Crippen MR) is 89.4 cm³/mol. The Balaban J connectivity index is 2.12. The standard InChI is InChI=1S/C17H20OS2/c1-10-7-16(11(2)19-10)14-5-4-6-15(14)17-8-13(9-18)20-12(17)3/h7-8,18H,4-6,9H2,1-3H3. The number of hydrogen-bond acceptors (Lipinski definition) is 3. The Morgan fingerprint density at radius 1 is 0.950 bits per heavy atom. The Labute approximate surface area is 128 Å². The molecule has 1 nitrogen and oxygen atoms in total. The Kier molecular flexibility index (Phi) is 3.85. The van der Waals surface area contributed by atoms with Gasteiger partial charge in [0.2, 0.25) is 0 Å². The number of aryl methyl sites for hydroxylation is 3. The number of thiophene rings is 2. The minimum Gasteiger partial charge on any atom is -0.391 e. The minimum absolute atomic E-state index is 0.157. The van der Waals surface area contributed by atoms with Gasteiger partial charge in [-0.1, -0.05) is 0 Å². The lowest BCUT2D eigenvalue weighted by atomic mass is 9.97. The van der Waals surface area contributed by atoms with E-state index in [1.165, 1.54) is 56.2 Å². The van der Waals surface area contributed by atoms with Crippen molar-refractivity contribution in [2.45, 2.75) is 46.6 Å². The van der Waals surface area contributed by atoms with Gasteiger partial charge in [-0.25, -0.2) is 0 Å². The van der Waals surface area contributed by atoms with E-state index in [9.17, 15) is 5.11 Å². The summed E-state index contributed by atoms with van der Waals surface area (Å²) in [7, 11) is 0. The lowest BCUT2D eigenvalue weighted by Crippen LogP contribution is -1.86. The van der Waals surface area contributed by atoms with Gasteiger partial charge in [-0.3, -0.25) is 0 Å². The summed E-state index contributed by atoms with van der Waals surface area (Å²) >= 11 is 3.62. The number of rotatable bonds is 3. The molecule has 3 rings (SSSR count). The molecule has 2 aromatic rings. The monoisotopic (exact) mass is 304 g/mol. The quantitative estimate of drug-likeness (QED) is 0.813. The summed E-state index contributed by atoms with van der Waals surface area (Å²) in [5.74, 6) is 0. The molecule has 0 aromatic carbocycles. The van der Waals surface area contributed by atoms with Crippen LogP contribution in [-0.4, -0.2) is 5.11 Å². The van der Waals surface area contributed by atoms with Crippen molar-refractivity contribution in [2.24, 2.45) is 0 Å². The topological polar surface area (TPSA) is 20.2 Å². The van der Waals surface area contributed by atoms with E-state index in [4.69, 9.17) is 0 Å². The highest BCUT2D eigenvalue weighted by Crippen LogP contribution is 2.44. The summed E-state index contributed by atoms with van der Waals surface area (Å²) < 4.78 is 0. The van der Waals surface area contributed by atoms with Crippen LogP contribution in [0, 0.1) is 20.8 Å². The van der Waals surface area contributed by atoms with Gasteiger partial charge in [0, 0.05) is 19.5 Å². The van der Waals surface area contributed by atoms with E-state index in [1.54, 1.807) is 11.3 Å². The third-order valence-electron chi connectivity index (χ3n) is 4.03. The average molecular weight is 304 g/mol. The Morgan fingerprint density at radius 2 is 1.55 bits per heavy atom. The highest BCUT2D eigenvalue weighted by atomic mass is 32.1. The zero-order valence-corrected chi connectivity index (χ0v) is 13.9. The van der Waals surface area contributed by atoms with Gasteiger partial charge in [-0.05, 0) is 74.4 Å². The molecule has 1 aliphatic rings. The molecule has 0 radical (unpaired) electrons. The van der Waals surface area contributed by atoms with Crippen molar-refractivity contribution in [2.75, 3.05) is 0 Å². The van der Waals surface area contributed by atoms with Crippen LogP contribution < -0.4 is 0 Å². The fourth-order valence-corrected chi connectivity index (χ4v) is 5.07. The minimum atomic E-state index is 0.157. The Bertz CT molecular complexity index is 673. The zero-order valence-electron chi connectivity index (χ0n) is 12.2.